The summed E-state index contributed by atoms with van der Waals surface area (Å²) in [7, 11) is 1.61. The van der Waals surface area contributed by atoms with E-state index in [4.69, 9.17) is 4.74 Å². The molecule has 0 spiro atoms. The maximum atomic E-state index is 11.7. The van der Waals surface area contributed by atoms with Crippen molar-refractivity contribution in [2.24, 2.45) is 5.41 Å². The number of ketones is 1. The lowest BCUT2D eigenvalue weighted by molar-refractivity contribution is -0.135. The van der Waals surface area contributed by atoms with Gasteiger partial charge in [0, 0.05) is 13.5 Å². The van der Waals surface area contributed by atoms with E-state index in [0.29, 0.717) is 6.42 Å². The summed E-state index contributed by atoms with van der Waals surface area (Å²) in [4.78, 5) is 11.7. The van der Waals surface area contributed by atoms with Crippen LogP contribution in [0.4, 0.5) is 0 Å². The van der Waals surface area contributed by atoms with E-state index in [9.17, 15) is 4.79 Å². The van der Waals surface area contributed by atoms with E-state index in [-0.39, 0.29) is 17.3 Å². The highest BCUT2D eigenvalue weighted by Gasteiger charge is 2.30. The minimum Gasteiger partial charge on any atom is -0.373 e. The third kappa shape index (κ3) is 4.41. The number of hydrogen-bond donors (Lipinski definition) is 0. The number of ether oxygens (including phenoxy) is 1. The first-order valence-corrected chi connectivity index (χ1v) is 4.99. The highest BCUT2D eigenvalue weighted by molar-refractivity contribution is 5.83. The van der Waals surface area contributed by atoms with Crippen molar-refractivity contribution in [3.8, 4) is 0 Å². The Hall–Kier alpha value is -0.370. The summed E-state index contributed by atoms with van der Waals surface area (Å²) >= 11 is 0. The van der Waals surface area contributed by atoms with Crippen molar-refractivity contribution in [2.75, 3.05) is 7.11 Å². The third-order valence-corrected chi connectivity index (χ3v) is 2.09. The van der Waals surface area contributed by atoms with Gasteiger partial charge in [-0.2, -0.15) is 0 Å². The molecule has 13 heavy (non-hydrogen) atoms. The van der Waals surface area contributed by atoms with Crippen LogP contribution in [0.5, 0.6) is 0 Å². The molecule has 0 aliphatic carbocycles. The van der Waals surface area contributed by atoms with Crippen LogP contribution in [0.1, 0.15) is 47.0 Å². The summed E-state index contributed by atoms with van der Waals surface area (Å²) < 4.78 is 5.22. The van der Waals surface area contributed by atoms with Gasteiger partial charge in [0.2, 0.25) is 0 Å². The SMILES string of the molecule is CCCCC(=O)C(OC)C(C)(C)C. The van der Waals surface area contributed by atoms with Crippen LogP contribution in [0.25, 0.3) is 0 Å². The van der Waals surface area contributed by atoms with Gasteiger partial charge < -0.3 is 4.74 Å². The first-order valence-electron chi connectivity index (χ1n) is 4.99. The minimum atomic E-state index is -0.251. The predicted molar refractivity (Wildman–Crippen MR) is 54.8 cm³/mol. The largest absolute Gasteiger partial charge is 0.373 e. The molecule has 0 aromatic carbocycles. The molecular formula is C11H22O2. The summed E-state index contributed by atoms with van der Waals surface area (Å²) in [6.45, 7) is 8.19. The van der Waals surface area contributed by atoms with Crippen LogP contribution >= 0.6 is 0 Å². The van der Waals surface area contributed by atoms with Gasteiger partial charge in [0.05, 0.1) is 0 Å². The molecule has 0 amide bonds. The maximum absolute atomic E-state index is 11.7. The smallest absolute Gasteiger partial charge is 0.162 e. The van der Waals surface area contributed by atoms with Crippen molar-refractivity contribution in [1.82, 2.24) is 0 Å². The highest BCUT2D eigenvalue weighted by Crippen LogP contribution is 2.23. The molecule has 0 rings (SSSR count). The molecule has 0 N–H and O–H groups in total. The standard InChI is InChI=1S/C11H22O2/c1-6-7-8-9(12)10(13-5)11(2,3)4/h10H,6-8H2,1-5H3. The molecule has 0 aliphatic rings. The van der Waals surface area contributed by atoms with Gasteiger partial charge in [0.25, 0.3) is 0 Å². The van der Waals surface area contributed by atoms with Gasteiger partial charge in [-0.15, -0.1) is 0 Å². The van der Waals surface area contributed by atoms with Gasteiger partial charge in [0.15, 0.2) is 5.78 Å². The molecule has 1 atom stereocenters. The first-order chi connectivity index (χ1) is 5.93. The zero-order valence-electron chi connectivity index (χ0n) is 9.52. The van der Waals surface area contributed by atoms with E-state index in [0.717, 1.165) is 12.8 Å². The number of Topliss-reactive ketones (excluding diaryl/α,β-unsaturated/α-hetero) is 1. The number of rotatable bonds is 5. The Balaban J connectivity index is 4.16. The fourth-order valence-electron chi connectivity index (χ4n) is 1.45. The fourth-order valence-corrected chi connectivity index (χ4v) is 1.45. The summed E-state index contributed by atoms with van der Waals surface area (Å²) in [5, 5.41) is 0. The van der Waals surface area contributed by atoms with Gasteiger partial charge in [-0.1, -0.05) is 34.1 Å². The molecule has 2 nitrogen and oxygen atoms in total. The number of unbranched alkanes of at least 4 members (excludes halogenated alkanes) is 1. The third-order valence-electron chi connectivity index (χ3n) is 2.09. The lowest BCUT2D eigenvalue weighted by Gasteiger charge is -2.27. The maximum Gasteiger partial charge on any atom is 0.162 e. The van der Waals surface area contributed by atoms with Crippen molar-refractivity contribution in [3.05, 3.63) is 0 Å². The molecular weight excluding hydrogens is 164 g/mol. The quantitative estimate of drug-likeness (QED) is 0.660. The molecule has 0 saturated carbocycles. The number of carbonyl (C=O) groups excluding carboxylic acids is 1. The molecule has 0 aromatic heterocycles. The normalized spacial score (nSPS) is 14.2. The fraction of sp³-hybridized carbons (Fsp3) is 0.909. The van der Waals surface area contributed by atoms with E-state index in [2.05, 4.69) is 6.92 Å². The number of carbonyl (C=O) groups is 1. The summed E-state index contributed by atoms with van der Waals surface area (Å²) in [6.07, 6.45) is 2.42. The lowest BCUT2D eigenvalue weighted by Crippen LogP contribution is -2.36. The zero-order chi connectivity index (χ0) is 10.5. The van der Waals surface area contributed by atoms with Gasteiger partial charge >= 0.3 is 0 Å². The van der Waals surface area contributed by atoms with Crippen LogP contribution < -0.4 is 0 Å². The Labute approximate surface area is 81.7 Å². The van der Waals surface area contributed by atoms with Crippen LogP contribution in [0.2, 0.25) is 0 Å². The van der Waals surface area contributed by atoms with Gasteiger partial charge in [-0.3, -0.25) is 4.79 Å². The second kappa shape index (κ2) is 5.38. The van der Waals surface area contributed by atoms with Crippen LogP contribution in [0.15, 0.2) is 0 Å². The number of methoxy groups -OCH3 is 1. The Morgan fingerprint density at radius 1 is 1.38 bits per heavy atom. The van der Waals surface area contributed by atoms with Gasteiger partial charge in [-0.25, -0.2) is 0 Å². The molecule has 0 radical (unpaired) electrons. The molecule has 0 saturated heterocycles. The first kappa shape index (κ1) is 12.6. The van der Waals surface area contributed by atoms with E-state index < -0.39 is 0 Å². The van der Waals surface area contributed by atoms with Crippen LogP contribution in [0.3, 0.4) is 0 Å². The molecule has 0 heterocycles. The molecule has 0 bridgehead atoms. The minimum absolute atomic E-state index is 0.0838. The molecule has 1 unspecified atom stereocenters. The van der Waals surface area contributed by atoms with Gasteiger partial charge in [0.1, 0.15) is 6.10 Å². The van der Waals surface area contributed by atoms with Crippen molar-refractivity contribution < 1.29 is 9.53 Å². The number of hydrogen-bond acceptors (Lipinski definition) is 2. The molecule has 0 aromatic rings. The van der Waals surface area contributed by atoms with E-state index in [1.807, 2.05) is 20.8 Å². The molecule has 0 fully saturated rings. The summed E-state index contributed by atoms with van der Waals surface area (Å²) in [5.74, 6) is 0.233. The average molecular weight is 186 g/mol. The second-order valence-corrected chi connectivity index (χ2v) is 4.55. The Morgan fingerprint density at radius 2 is 1.92 bits per heavy atom. The lowest BCUT2D eigenvalue weighted by atomic mass is 9.85. The summed E-state index contributed by atoms with van der Waals surface area (Å²) in [6, 6.07) is 0. The Bertz CT molecular complexity index is 156. The Morgan fingerprint density at radius 3 is 2.23 bits per heavy atom. The monoisotopic (exact) mass is 186 g/mol. The average Bonchev–Trinajstić information content (AvgIpc) is 1.99. The van der Waals surface area contributed by atoms with E-state index in [1.54, 1.807) is 7.11 Å². The second-order valence-electron chi connectivity index (χ2n) is 4.55. The van der Waals surface area contributed by atoms with Crippen molar-refractivity contribution >= 4 is 5.78 Å². The van der Waals surface area contributed by atoms with Crippen molar-refractivity contribution in [3.63, 3.8) is 0 Å². The molecule has 0 aliphatic heterocycles. The predicted octanol–water partition coefficient (Wildman–Crippen LogP) is 2.81. The molecule has 78 valence electrons. The van der Waals surface area contributed by atoms with Crippen LogP contribution in [-0.4, -0.2) is 19.0 Å². The van der Waals surface area contributed by atoms with Crippen molar-refractivity contribution in [2.45, 2.75) is 53.1 Å². The highest BCUT2D eigenvalue weighted by atomic mass is 16.5. The topological polar surface area (TPSA) is 26.3 Å². The molecule has 2 heteroatoms. The zero-order valence-corrected chi connectivity index (χ0v) is 9.52. The van der Waals surface area contributed by atoms with Crippen molar-refractivity contribution in [1.29, 1.82) is 0 Å². The van der Waals surface area contributed by atoms with Crippen LogP contribution in [-0.2, 0) is 9.53 Å². The Kier molecular flexibility index (Phi) is 5.23. The van der Waals surface area contributed by atoms with Gasteiger partial charge in [-0.05, 0) is 11.8 Å². The van der Waals surface area contributed by atoms with Crippen LogP contribution in [0, 0.1) is 5.41 Å². The van der Waals surface area contributed by atoms with E-state index in [1.165, 1.54) is 0 Å². The van der Waals surface area contributed by atoms with E-state index >= 15 is 0 Å². The summed E-state index contributed by atoms with van der Waals surface area (Å²) in [5.41, 5.74) is -0.0838.